The van der Waals surface area contributed by atoms with Crippen LogP contribution in [-0.4, -0.2) is 28.5 Å². The quantitative estimate of drug-likeness (QED) is 0.318. The number of aromatic nitrogens is 2. The van der Waals surface area contributed by atoms with Gasteiger partial charge in [0.2, 0.25) is 5.91 Å². The summed E-state index contributed by atoms with van der Waals surface area (Å²) >= 11 is 2.79. The summed E-state index contributed by atoms with van der Waals surface area (Å²) in [5, 5.41) is 4.97. The van der Waals surface area contributed by atoms with Gasteiger partial charge in [0.15, 0.2) is 5.13 Å². The maximum absolute atomic E-state index is 12.8. The summed E-state index contributed by atoms with van der Waals surface area (Å²) in [6.07, 6.45) is 0. The van der Waals surface area contributed by atoms with Crippen LogP contribution in [0.5, 0.6) is 5.75 Å². The standard InChI is InChI=1S/C24H23N3O4S2/c1-15-9-10-16(2)26(15)22-19(11-12-32-22)23(29)31-13-18-14-33-24(25-18)27(17(3)28)20-7-5-6-8-21(20)30-4/h5-12,14H,13H2,1-4H3. The number of aryl methyl sites for hydroxylation is 2. The van der Waals surface area contributed by atoms with Gasteiger partial charge >= 0.3 is 5.97 Å². The van der Waals surface area contributed by atoms with Crippen molar-refractivity contribution >= 4 is 45.4 Å². The van der Waals surface area contributed by atoms with Crippen LogP contribution in [0.1, 0.15) is 34.4 Å². The van der Waals surface area contributed by atoms with Gasteiger partial charge in [0.05, 0.1) is 24.1 Å². The third-order valence-corrected chi connectivity index (χ3v) is 6.83. The van der Waals surface area contributed by atoms with Crippen LogP contribution >= 0.6 is 22.7 Å². The highest BCUT2D eigenvalue weighted by Crippen LogP contribution is 2.35. The normalized spacial score (nSPS) is 10.8. The fourth-order valence-corrected chi connectivity index (χ4v) is 5.39. The molecule has 4 rings (SSSR count). The molecule has 33 heavy (non-hydrogen) atoms. The van der Waals surface area contributed by atoms with Gasteiger partial charge in [-0.25, -0.2) is 9.78 Å². The Morgan fingerprint density at radius 2 is 1.79 bits per heavy atom. The molecular weight excluding hydrogens is 458 g/mol. The Morgan fingerprint density at radius 1 is 1.06 bits per heavy atom. The van der Waals surface area contributed by atoms with Crippen LogP contribution in [-0.2, 0) is 16.1 Å². The molecular formula is C24H23N3O4S2. The molecule has 0 saturated heterocycles. The van der Waals surface area contributed by atoms with E-state index in [2.05, 4.69) is 4.98 Å². The maximum Gasteiger partial charge on any atom is 0.341 e. The second kappa shape index (κ2) is 9.60. The molecule has 0 aliphatic heterocycles. The minimum atomic E-state index is -0.415. The molecule has 0 N–H and O–H groups in total. The first-order chi connectivity index (χ1) is 15.9. The Balaban J connectivity index is 1.52. The Bertz CT molecular complexity index is 1290. The average Bonchev–Trinajstić information content (AvgIpc) is 3.53. The van der Waals surface area contributed by atoms with Gasteiger partial charge in [0, 0.05) is 23.7 Å². The number of amides is 1. The molecule has 9 heteroatoms. The highest BCUT2D eigenvalue weighted by Gasteiger charge is 2.22. The van der Waals surface area contributed by atoms with Crippen LogP contribution in [0.15, 0.2) is 53.2 Å². The van der Waals surface area contributed by atoms with Crippen LogP contribution in [0.25, 0.3) is 5.00 Å². The van der Waals surface area contributed by atoms with Gasteiger partial charge in [0.25, 0.3) is 0 Å². The average molecular weight is 482 g/mol. The second-order valence-corrected chi connectivity index (χ2v) is 9.05. The smallest absolute Gasteiger partial charge is 0.341 e. The SMILES string of the molecule is COc1ccccc1N(C(C)=O)c1nc(COC(=O)c2ccsc2-n2c(C)ccc2C)cs1. The van der Waals surface area contributed by atoms with Crippen molar-refractivity contribution in [2.75, 3.05) is 12.0 Å². The molecule has 0 atom stereocenters. The van der Waals surface area contributed by atoms with Crippen LogP contribution in [0.3, 0.4) is 0 Å². The summed E-state index contributed by atoms with van der Waals surface area (Å²) in [6.45, 7) is 5.48. The largest absolute Gasteiger partial charge is 0.495 e. The van der Waals surface area contributed by atoms with Gasteiger partial charge in [-0.3, -0.25) is 9.69 Å². The molecule has 1 aromatic carbocycles. The number of ether oxygens (including phenoxy) is 2. The molecule has 1 amide bonds. The Morgan fingerprint density at radius 3 is 2.48 bits per heavy atom. The van der Waals surface area contributed by atoms with Crippen LogP contribution in [0.2, 0.25) is 0 Å². The maximum atomic E-state index is 12.8. The zero-order valence-corrected chi connectivity index (χ0v) is 20.3. The van der Waals surface area contributed by atoms with Crippen LogP contribution < -0.4 is 9.64 Å². The first-order valence-corrected chi connectivity index (χ1v) is 11.9. The monoisotopic (exact) mass is 481 g/mol. The van der Waals surface area contributed by atoms with Crippen molar-refractivity contribution in [1.82, 2.24) is 9.55 Å². The van der Waals surface area contributed by atoms with Crippen molar-refractivity contribution in [2.45, 2.75) is 27.4 Å². The number of hydrogen-bond donors (Lipinski definition) is 0. The zero-order chi connectivity index (χ0) is 23.5. The topological polar surface area (TPSA) is 73.7 Å². The number of thiazole rings is 1. The Labute approximate surface area is 199 Å². The summed E-state index contributed by atoms with van der Waals surface area (Å²) in [7, 11) is 1.55. The lowest BCUT2D eigenvalue weighted by molar-refractivity contribution is -0.115. The summed E-state index contributed by atoms with van der Waals surface area (Å²) in [5.74, 6) is -0.0457. The lowest BCUT2D eigenvalue weighted by Crippen LogP contribution is -2.23. The number of anilines is 2. The molecule has 0 fully saturated rings. The second-order valence-electron chi connectivity index (χ2n) is 7.31. The van der Waals surface area contributed by atoms with Crippen molar-refractivity contribution in [3.63, 3.8) is 0 Å². The van der Waals surface area contributed by atoms with Gasteiger partial charge in [0.1, 0.15) is 17.4 Å². The van der Waals surface area contributed by atoms with E-state index < -0.39 is 5.97 Å². The van der Waals surface area contributed by atoms with Gasteiger partial charge in [-0.05, 0) is 49.6 Å². The third kappa shape index (κ3) is 4.55. The Hall–Kier alpha value is -3.43. The van der Waals surface area contributed by atoms with E-state index in [9.17, 15) is 9.59 Å². The molecule has 4 aromatic rings. The van der Waals surface area contributed by atoms with E-state index in [0.29, 0.717) is 27.8 Å². The summed E-state index contributed by atoms with van der Waals surface area (Å²) in [6, 6.07) is 13.1. The molecule has 7 nitrogen and oxygen atoms in total. The number of hydrogen-bond acceptors (Lipinski definition) is 7. The summed E-state index contributed by atoms with van der Waals surface area (Å²) in [5.41, 5.74) is 3.78. The van der Waals surface area contributed by atoms with Gasteiger partial charge < -0.3 is 14.0 Å². The van der Waals surface area contributed by atoms with Crippen molar-refractivity contribution in [1.29, 1.82) is 0 Å². The molecule has 0 saturated carbocycles. The minimum Gasteiger partial charge on any atom is -0.495 e. The van der Waals surface area contributed by atoms with E-state index in [0.717, 1.165) is 16.4 Å². The third-order valence-electron chi connectivity index (χ3n) is 5.06. The number of carbonyl (C=O) groups is 2. The first-order valence-electron chi connectivity index (χ1n) is 10.2. The number of thiophene rings is 1. The Kier molecular flexibility index (Phi) is 6.62. The van der Waals surface area contributed by atoms with Gasteiger partial charge in [-0.1, -0.05) is 12.1 Å². The molecule has 0 radical (unpaired) electrons. The van der Waals surface area contributed by atoms with E-state index in [4.69, 9.17) is 9.47 Å². The van der Waals surface area contributed by atoms with E-state index in [1.165, 1.54) is 34.5 Å². The zero-order valence-electron chi connectivity index (χ0n) is 18.7. The van der Waals surface area contributed by atoms with E-state index >= 15 is 0 Å². The van der Waals surface area contributed by atoms with E-state index in [1.807, 2.05) is 48.1 Å². The number of para-hydroxylation sites is 2. The fourth-order valence-electron chi connectivity index (χ4n) is 3.52. The minimum absolute atomic E-state index is 0.00589. The number of carbonyl (C=O) groups excluding carboxylic acids is 2. The highest BCUT2D eigenvalue weighted by atomic mass is 32.1. The van der Waals surface area contributed by atoms with Crippen molar-refractivity contribution in [2.24, 2.45) is 0 Å². The predicted octanol–water partition coefficient (Wildman–Crippen LogP) is 5.66. The number of rotatable bonds is 7. The summed E-state index contributed by atoms with van der Waals surface area (Å²) < 4.78 is 13.0. The highest BCUT2D eigenvalue weighted by molar-refractivity contribution is 7.14. The number of esters is 1. The number of methoxy groups -OCH3 is 1. The van der Waals surface area contributed by atoms with Crippen molar-refractivity contribution < 1.29 is 19.1 Å². The number of benzene rings is 1. The molecule has 170 valence electrons. The molecule has 3 aromatic heterocycles. The lowest BCUT2D eigenvalue weighted by atomic mass is 10.2. The molecule has 0 spiro atoms. The van der Waals surface area contributed by atoms with E-state index in [1.54, 1.807) is 30.7 Å². The molecule has 0 bridgehead atoms. The number of nitrogens with zero attached hydrogens (tertiary/aromatic N) is 3. The van der Waals surface area contributed by atoms with E-state index in [-0.39, 0.29) is 12.5 Å². The molecule has 0 unspecified atom stereocenters. The lowest BCUT2D eigenvalue weighted by Gasteiger charge is -2.20. The van der Waals surface area contributed by atoms with Gasteiger partial charge in [-0.2, -0.15) is 0 Å². The van der Waals surface area contributed by atoms with Crippen LogP contribution in [0.4, 0.5) is 10.8 Å². The van der Waals surface area contributed by atoms with Crippen molar-refractivity contribution in [3.8, 4) is 10.8 Å². The van der Waals surface area contributed by atoms with Gasteiger partial charge in [-0.15, -0.1) is 22.7 Å². The predicted molar refractivity (Wildman–Crippen MR) is 130 cm³/mol. The summed E-state index contributed by atoms with van der Waals surface area (Å²) in [4.78, 5) is 31.3. The molecule has 0 aliphatic rings. The molecule has 0 aliphatic carbocycles. The van der Waals surface area contributed by atoms with Crippen molar-refractivity contribution in [3.05, 3.63) is 75.9 Å². The fraction of sp³-hybridized carbons (Fsp3) is 0.208. The molecule has 3 heterocycles. The first kappa shape index (κ1) is 22.8. The van der Waals surface area contributed by atoms with Crippen LogP contribution in [0, 0.1) is 13.8 Å².